The second-order valence-corrected chi connectivity index (χ2v) is 12.4. The highest BCUT2D eigenvalue weighted by molar-refractivity contribution is 7.80. The molecule has 0 bridgehead atoms. The molecule has 2 fully saturated rings. The summed E-state index contributed by atoms with van der Waals surface area (Å²) in [6.07, 6.45) is 1.81. The number of hydrogen-bond acceptors (Lipinski definition) is 5. The van der Waals surface area contributed by atoms with Crippen LogP contribution in [0.4, 0.5) is 17.1 Å². The summed E-state index contributed by atoms with van der Waals surface area (Å²) in [6, 6.07) is 22.2. The van der Waals surface area contributed by atoms with Crippen LogP contribution >= 0.6 is 23.8 Å². The van der Waals surface area contributed by atoms with Crippen LogP contribution in [0.5, 0.6) is 0 Å². The van der Waals surface area contributed by atoms with Gasteiger partial charge in [0.05, 0.1) is 41.7 Å². The molecule has 2 aromatic heterocycles. The highest BCUT2D eigenvalue weighted by Gasteiger charge is 2.42. The molecule has 2 aromatic carbocycles. The Bertz CT molecular complexity index is 1670. The number of anilines is 3. The summed E-state index contributed by atoms with van der Waals surface area (Å²) in [5.41, 5.74) is 7.99. The Morgan fingerprint density at radius 3 is 2.39 bits per heavy atom. The zero-order chi connectivity index (χ0) is 31.0. The minimum absolute atomic E-state index is 0.0866. The summed E-state index contributed by atoms with van der Waals surface area (Å²) in [6.45, 7) is 11.3. The molecule has 1 amide bonds. The molecular weight excluding hydrogens is 592 g/mol. The number of carbonyl (C=O) groups is 1. The number of morpholine rings is 1. The fourth-order valence-corrected chi connectivity index (χ4v) is 6.67. The molecule has 0 spiro atoms. The summed E-state index contributed by atoms with van der Waals surface area (Å²) in [7, 11) is 0. The number of halogens is 1. The maximum Gasteiger partial charge on any atom is 0.226 e. The molecule has 2 aliphatic rings. The molecule has 10 heteroatoms. The Kier molecular flexibility index (Phi) is 8.62. The van der Waals surface area contributed by atoms with Crippen molar-refractivity contribution in [2.24, 2.45) is 5.92 Å². The number of ether oxygens (including phenoxy) is 1. The lowest BCUT2D eigenvalue weighted by Gasteiger charge is -2.29. The molecule has 8 nitrogen and oxygen atoms in total. The number of aryl methyl sites for hydroxylation is 1. The van der Waals surface area contributed by atoms with Crippen molar-refractivity contribution in [3.8, 4) is 5.69 Å². The van der Waals surface area contributed by atoms with Crippen LogP contribution in [-0.4, -0.2) is 46.9 Å². The monoisotopic (exact) mass is 628 g/mol. The van der Waals surface area contributed by atoms with Crippen molar-refractivity contribution in [3.63, 3.8) is 0 Å². The van der Waals surface area contributed by atoms with Gasteiger partial charge in [0.1, 0.15) is 0 Å². The maximum absolute atomic E-state index is 12.4. The average Bonchev–Trinajstić information content (AvgIpc) is 3.53. The largest absolute Gasteiger partial charge is 0.378 e. The number of hydrogen-bond donors (Lipinski definition) is 2. The quantitative estimate of drug-likeness (QED) is 0.219. The number of nitrogens with one attached hydrogen (secondary N) is 2. The highest BCUT2D eigenvalue weighted by atomic mass is 35.5. The van der Waals surface area contributed by atoms with Crippen LogP contribution in [0.2, 0.25) is 5.02 Å². The van der Waals surface area contributed by atoms with Gasteiger partial charge in [-0.1, -0.05) is 31.5 Å². The van der Waals surface area contributed by atoms with Gasteiger partial charge in [-0.2, -0.15) is 0 Å². The van der Waals surface area contributed by atoms with E-state index in [0.717, 1.165) is 60.3 Å². The van der Waals surface area contributed by atoms with E-state index in [1.165, 1.54) is 5.69 Å². The van der Waals surface area contributed by atoms with Gasteiger partial charge in [-0.3, -0.25) is 9.78 Å². The molecule has 2 aliphatic heterocycles. The van der Waals surface area contributed by atoms with E-state index in [-0.39, 0.29) is 23.9 Å². The van der Waals surface area contributed by atoms with Gasteiger partial charge in [0.25, 0.3) is 0 Å². The van der Waals surface area contributed by atoms with E-state index in [0.29, 0.717) is 15.8 Å². The van der Waals surface area contributed by atoms with E-state index >= 15 is 0 Å². The molecule has 228 valence electrons. The zero-order valence-electron chi connectivity index (χ0n) is 25.4. The zero-order valence-corrected chi connectivity index (χ0v) is 27.0. The standard InChI is InChI=1S/C34H37ClN6O2S/c1-21(2)33(42)37-29-13-12-26(20-28(29)35)41-32(31(38-34(41)44)30-7-5-6-14-36-30)27-19-22(3)40(23(27)4)25-10-8-24(9-11-25)39-15-17-43-18-16-39/h5-14,19-21,31-32H,15-18H2,1-4H3,(H,37,42)(H,38,44)/t31-,32+/m1/s1. The van der Waals surface area contributed by atoms with E-state index in [9.17, 15) is 4.79 Å². The van der Waals surface area contributed by atoms with Crippen molar-refractivity contribution < 1.29 is 9.53 Å². The molecule has 2 N–H and O–H groups in total. The van der Waals surface area contributed by atoms with E-state index in [4.69, 9.17) is 33.5 Å². The van der Waals surface area contributed by atoms with Gasteiger partial charge in [0, 0.05) is 53.7 Å². The van der Waals surface area contributed by atoms with Gasteiger partial charge in [0.15, 0.2) is 5.11 Å². The fraction of sp³-hybridized carbons (Fsp3) is 0.324. The summed E-state index contributed by atoms with van der Waals surface area (Å²) < 4.78 is 7.83. The van der Waals surface area contributed by atoms with Crippen LogP contribution in [0.1, 0.15) is 48.6 Å². The maximum atomic E-state index is 12.4. The van der Waals surface area contributed by atoms with Crippen molar-refractivity contribution in [1.29, 1.82) is 0 Å². The molecule has 0 unspecified atom stereocenters. The van der Waals surface area contributed by atoms with E-state index in [1.807, 2.05) is 56.4 Å². The third-order valence-corrected chi connectivity index (χ3v) is 9.01. The number of thiocarbonyl (C=S) groups is 1. The Labute approximate surface area is 269 Å². The van der Waals surface area contributed by atoms with Crippen LogP contribution in [0.25, 0.3) is 5.69 Å². The lowest BCUT2D eigenvalue weighted by molar-refractivity contribution is -0.118. The second-order valence-electron chi connectivity index (χ2n) is 11.6. The van der Waals surface area contributed by atoms with Crippen LogP contribution in [0.15, 0.2) is 72.9 Å². The number of rotatable bonds is 7. The molecule has 2 saturated heterocycles. The number of carbonyl (C=O) groups excluding carboxylic acids is 1. The number of pyridine rings is 1. The number of aromatic nitrogens is 2. The topological polar surface area (TPSA) is 74.7 Å². The van der Waals surface area contributed by atoms with E-state index in [2.05, 4.69) is 69.2 Å². The highest BCUT2D eigenvalue weighted by Crippen LogP contribution is 2.45. The average molecular weight is 629 g/mol. The normalized spacial score (nSPS) is 18.5. The van der Waals surface area contributed by atoms with Crippen molar-refractivity contribution in [2.45, 2.75) is 39.8 Å². The first-order valence-electron chi connectivity index (χ1n) is 15.0. The molecular formula is C34H37ClN6O2S. The summed E-state index contributed by atoms with van der Waals surface area (Å²) in [5.74, 6) is -0.244. The molecule has 44 heavy (non-hydrogen) atoms. The van der Waals surface area contributed by atoms with Gasteiger partial charge >= 0.3 is 0 Å². The fourth-order valence-electron chi connectivity index (χ4n) is 6.10. The summed E-state index contributed by atoms with van der Waals surface area (Å²) in [4.78, 5) is 21.5. The van der Waals surface area contributed by atoms with Crippen molar-refractivity contribution in [2.75, 3.05) is 41.4 Å². The first-order chi connectivity index (χ1) is 21.2. The molecule has 6 rings (SSSR count). The minimum atomic E-state index is -0.197. The Balaban J connectivity index is 1.39. The van der Waals surface area contributed by atoms with Crippen LogP contribution in [0, 0.1) is 19.8 Å². The first kappa shape index (κ1) is 30.1. The van der Waals surface area contributed by atoms with Crippen LogP contribution in [-0.2, 0) is 9.53 Å². The van der Waals surface area contributed by atoms with Crippen molar-refractivity contribution >= 4 is 51.9 Å². The smallest absolute Gasteiger partial charge is 0.226 e. The van der Waals surface area contributed by atoms with Crippen molar-refractivity contribution in [3.05, 3.63) is 101 Å². The van der Waals surface area contributed by atoms with Gasteiger partial charge in [-0.05, 0) is 92.3 Å². The van der Waals surface area contributed by atoms with Crippen molar-refractivity contribution in [1.82, 2.24) is 14.9 Å². The van der Waals surface area contributed by atoms with Gasteiger partial charge in [0.2, 0.25) is 5.91 Å². The molecule has 0 aliphatic carbocycles. The van der Waals surface area contributed by atoms with Gasteiger partial charge in [-0.25, -0.2) is 0 Å². The SMILES string of the molecule is Cc1cc([C@H]2[C@@H](c3ccccn3)NC(=S)N2c2ccc(NC(=O)C(C)C)c(Cl)c2)c(C)n1-c1ccc(N2CCOCC2)cc1. The lowest BCUT2D eigenvalue weighted by Crippen LogP contribution is -2.36. The minimum Gasteiger partial charge on any atom is -0.378 e. The third kappa shape index (κ3) is 5.79. The number of amides is 1. The van der Waals surface area contributed by atoms with Crippen LogP contribution in [0.3, 0.4) is 0 Å². The summed E-state index contributed by atoms with van der Waals surface area (Å²) >= 11 is 12.7. The molecule has 0 radical (unpaired) electrons. The lowest BCUT2D eigenvalue weighted by atomic mass is 9.96. The number of nitrogens with zero attached hydrogens (tertiary/aromatic N) is 4. The Hall–Kier alpha value is -3.92. The van der Waals surface area contributed by atoms with E-state index in [1.54, 1.807) is 0 Å². The first-order valence-corrected chi connectivity index (χ1v) is 15.7. The Morgan fingerprint density at radius 1 is 1.02 bits per heavy atom. The third-order valence-electron chi connectivity index (χ3n) is 8.38. The molecule has 0 saturated carbocycles. The molecule has 4 heterocycles. The molecule has 2 atom stereocenters. The van der Waals surface area contributed by atoms with Gasteiger partial charge < -0.3 is 29.7 Å². The van der Waals surface area contributed by atoms with Gasteiger partial charge in [-0.15, -0.1) is 0 Å². The van der Waals surface area contributed by atoms with E-state index < -0.39 is 0 Å². The molecule has 4 aromatic rings. The number of benzene rings is 2. The summed E-state index contributed by atoms with van der Waals surface area (Å²) in [5, 5.41) is 7.50. The second kappa shape index (κ2) is 12.6. The Morgan fingerprint density at radius 2 is 1.73 bits per heavy atom. The predicted molar refractivity (Wildman–Crippen MR) is 181 cm³/mol. The van der Waals surface area contributed by atoms with Crippen LogP contribution < -0.4 is 20.4 Å². The predicted octanol–water partition coefficient (Wildman–Crippen LogP) is 6.75.